The number of nitrogens with zero attached hydrogens (tertiary/aromatic N) is 2. The first-order valence-electron chi connectivity index (χ1n) is 7.42. The Labute approximate surface area is 125 Å². The summed E-state index contributed by atoms with van der Waals surface area (Å²) in [5, 5.41) is 11.2. The zero-order chi connectivity index (χ0) is 14.4. The van der Waals surface area contributed by atoms with Crippen molar-refractivity contribution in [2.24, 2.45) is 0 Å². The number of aliphatic hydroxyl groups is 1. The molecule has 0 spiro atoms. The van der Waals surface area contributed by atoms with Crippen molar-refractivity contribution >= 4 is 17.2 Å². The average molecular weight is 296 g/mol. The van der Waals surface area contributed by atoms with Crippen molar-refractivity contribution in [3.63, 3.8) is 0 Å². The van der Waals surface area contributed by atoms with E-state index in [1.165, 1.54) is 4.88 Å². The highest BCUT2D eigenvalue weighted by Crippen LogP contribution is 2.34. The Morgan fingerprint density at radius 3 is 3.05 bits per heavy atom. The molecule has 2 rings (SSSR count). The fraction of sp³-hybridized carbons (Fsp3) is 0.667. The highest BCUT2D eigenvalue weighted by atomic mass is 32.1. The van der Waals surface area contributed by atoms with Crippen LogP contribution in [0.4, 0.5) is 0 Å². The van der Waals surface area contributed by atoms with Gasteiger partial charge in [-0.2, -0.15) is 0 Å². The lowest BCUT2D eigenvalue weighted by molar-refractivity contribution is -0.133. The fourth-order valence-corrected chi connectivity index (χ4v) is 3.73. The number of likely N-dealkylation sites (tertiary alicyclic amines) is 1. The average Bonchev–Trinajstić information content (AvgIpc) is 3.10. The Kier molecular flexibility index (Phi) is 6.01. The molecule has 1 aliphatic rings. The lowest BCUT2D eigenvalue weighted by Gasteiger charge is -2.27. The molecule has 0 saturated carbocycles. The summed E-state index contributed by atoms with van der Waals surface area (Å²) < 4.78 is 0. The lowest BCUT2D eigenvalue weighted by Crippen LogP contribution is -2.41. The molecular weight excluding hydrogens is 272 g/mol. The van der Waals surface area contributed by atoms with E-state index in [0.717, 1.165) is 32.4 Å². The monoisotopic (exact) mass is 296 g/mol. The lowest BCUT2D eigenvalue weighted by atomic mass is 10.2. The number of hydrogen-bond donors (Lipinski definition) is 1. The highest BCUT2D eigenvalue weighted by Gasteiger charge is 2.30. The third kappa shape index (κ3) is 3.81. The van der Waals surface area contributed by atoms with Crippen LogP contribution >= 0.6 is 11.3 Å². The third-order valence-corrected chi connectivity index (χ3v) is 4.73. The van der Waals surface area contributed by atoms with Crippen molar-refractivity contribution < 1.29 is 9.90 Å². The summed E-state index contributed by atoms with van der Waals surface area (Å²) in [6.07, 6.45) is 3.16. The summed E-state index contributed by atoms with van der Waals surface area (Å²) in [7, 11) is 0. The molecule has 1 fully saturated rings. The van der Waals surface area contributed by atoms with Crippen molar-refractivity contribution in [1.29, 1.82) is 0 Å². The normalized spacial score (nSPS) is 18.9. The summed E-state index contributed by atoms with van der Waals surface area (Å²) in [5.41, 5.74) is 0. The smallest absolute Gasteiger partial charge is 0.237 e. The first-order valence-corrected chi connectivity index (χ1v) is 8.30. The maximum atomic E-state index is 12.5. The van der Waals surface area contributed by atoms with Gasteiger partial charge in [-0.25, -0.2) is 0 Å². The maximum absolute atomic E-state index is 12.5. The molecule has 0 bridgehead atoms. The molecule has 0 aliphatic carbocycles. The van der Waals surface area contributed by atoms with Gasteiger partial charge in [0.25, 0.3) is 0 Å². The molecule has 1 atom stereocenters. The minimum Gasteiger partial charge on any atom is -0.395 e. The Hall–Kier alpha value is -0.910. The Morgan fingerprint density at radius 2 is 2.40 bits per heavy atom. The van der Waals surface area contributed by atoms with Crippen LogP contribution in [-0.2, 0) is 4.79 Å². The van der Waals surface area contributed by atoms with E-state index in [2.05, 4.69) is 24.4 Å². The van der Waals surface area contributed by atoms with Crippen molar-refractivity contribution in [3.05, 3.63) is 22.4 Å². The van der Waals surface area contributed by atoms with Gasteiger partial charge in [-0.05, 0) is 37.3 Å². The minimum atomic E-state index is 0.113. The first kappa shape index (κ1) is 15.5. The number of carbonyl (C=O) groups excluding carboxylic acids is 1. The topological polar surface area (TPSA) is 43.8 Å². The quantitative estimate of drug-likeness (QED) is 0.838. The molecule has 1 N–H and O–H groups in total. The number of carbonyl (C=O) groups is 1. The van der Waals surface area contributed by atoms with Gasteiger partial charge in [0.05, 0.1) is 19.2 Å². The number of hydrogen-bond acceptors (Lipinski definition) is 4. The van der Waals surface area contributed by atoms with Gasteiger partial charge in [0.15, 0.2) is 0 Å². The zero-order valence-corrected chi connectivity index (χ0v) is 12.9. The number of thiophene rings is 1. The van der Waals surface area contributed by atoms with Crippen LogP contribution < -0.4 is 0 Å². The molecule has 0 aromatic carbocycles. The predicted molar refractivity (Wildman–Crippen MR) is 81.8 cm³/mol. The van der Waals surface area contributed by atoms with Gasteiger partial charge >= 0.3 is 0 Å². The van der Waals surface area contributed by atoms with Crippen LogP contribution in [-0.4, -0.2) is 53.6 Å². The van der Waals surface area contributed by atoms with Gasteiger partial charge in [-0.15, -0.1) is 11.3 Å². The van der Waals surface area contributed by atoms with E-state index in [-0.39, 0.29) is 18.6 Å². The third-order valence-electron chi connectivity index (χ3n) is 3.76. The molecule has 4 nitrogen and oxygen atoms in total. The van der Waals surface area contributed by atoms with Crippen LogP contribution in [0.5, 0.6) is 0 Å². The zero-order valence-electron chi connectivity index (χ0n) is 12.1. The van der Waals surface area contributed by atoms with Crippen LogP contribution in [0, 0.1) is 0 Å². The van der Waals surface area contributed by atoms with Gasteiger partial charge in [-0.3, -0.25) is 9.69 Å². The standard InChI is InChI=1S/C15H24N2O2S/c1-2-7-16(9-10-18)12-15(19)17-8-3-5-13(17)14-6-4-11-20-14/h4,6,11,13,18H,2-3,5,7-10,12H2,1H3. The number of aliphatic hydroxyl groups excluding tert-OH is 1. The van der Waals surface area contributed by atoms with E-state index in [1.54, 1.807) is 11.3 Å². The molecule has 112 valence electrons. The molecule has 20 heavy (non-hydrogen) atoms. The molecule has 1 unspecified atom stereocenters. The van der Waals surface area contributed by atoms with E-state index >= 15 is 0 Å². The molecule has 1 amide bonds. The van der Waals surface area contributed by atoms with Crippen LogP contribution in [0.2, 0.25) is 0 Å². The maximum Gasteiger partial charge on any atom is 0.237 e. The molecule has 2 heterocycles. The minimum absolute atomic E-state index is 0.113. The van der Waals surface area contributed by atoms with Gasteiger partial charge in [0.2, 0.25) is 5.91 Å². The summed E-state index contributed by atoms with van der Waals surface area (Å²) in [6.45, 7) is 4.94. The SMILES string of the molecule is CCCN(CCO)CC(=O)N1CCCC1c1cccs1. The second-order valence-electron chi connectivity index (χ2n) is 5.26. The van der Waals surface area contributed by atoms with E-state index in [1.807, 2.05) is 9.80 Å². The van der Waals surface area contributed by atoms with E-state index in [4.69, 9.17) is 5.11 Å². The Balaban J connectivity index is 1.96. The fourth-order valence-electron chi connectivity index (χ4n) is 2.85. The van der Waals surface area contributed by atoms with Crippen molar-refractivity contribution in [2.45, 2.75) is 32.2 Å². The molecule has 1 aromatic heterocycles. The molecule has 5 heteroatoms. The predicted octanol–water partition coefficient (Wildman–Crippen LogP) is 2.12. The van der Waals surface area contributed by atoms with Crippen LogP contribution in [0.25, 0.3) is 0 Å². The van der Waals surface area contributed by atoms with E-state index < -0.39 is 0 Å². The van der Waals surface area contributed by atoms with Crippen molar-refractivity contribution in [1.82, 2.24) is 9.80 Å². The van der Waals surface area contributed by atoms with E-state index in [9.17, 15) is 4.79 Å². The second kappa shape index (κ2) is 7.76. The van der Waals surface area contributed by atoms with Crippen molar-refractivity contribution in [3.8, 4) is 0 Å². The van der Waals surface area contributed by atoms with E-state index in [0.29, 0.717) is 13.1 Å². The molecule has 1 saturated heterocycles. The summed E-state index contributed by atoms with van der Waals surface area (Å²) in [6, 6.07) is 4.44. The van der Waals surface area contributed by atoms with Crippen molar-refractivity contribution in [2.75, 3.05) is 32.8 Å². The van der Waals surface area contributed by atoms with Gasteiger partial charge in [0.1, 0.15) is 0 Å². The second-order valence-corrected chi connectivity index (χ2v) is 6.24. The summed E-state index contributed by atoms with van der Waals surface area (Å²) in [5.74, 6) is 0.197. The molecule has 0 radical (unpaired) electrons. The number of amides is 1. The van der Waals surface area contributed by atoms with Crippen LogP contribution in [0.3, 0.4) is 0 Å². The summed E-state index contributed by atoms with van der Waals surface area (Å²) in [4.78, 5) is 17.9. The molecular formula is C15H24N2O2S. The van der Waals surface area contributed by atoms with Gasteiger partial charge in [-0.1, -0.05) is 13.0 Å². The Morgan fingerprint density at radius 1 is 1.55 bits per heavy atom. The van der Waals surface area contributed by atoms with Gasteiger partial charge < -0.3 is 10.0 Å². The number of rotatable bonds is 7. The largest absolute Gasteiger partial charge is 0.395 e. The van der Waals surface area contributed by atoms with Crippen LogP contribution in [0.15, 0.2) is 17.5 Å². The highest BCUT2D eigenvalue weighted by molar-refractivity contribution is 7.10. The molecule has 1 aromatic rings. The first-order chi connectivity index (χ1) is 9.76. The van der Waals surface area contributed by atoms with Gasteiger partial charge in [0, 0.05) is 18.0 Å². The van der Waals surface area contributed by atoms with Crippen LogP contribution in [0.1, 0.15) is 37.1 Å². The Bertz CT molecular complexity index is 402. The molecule has 1 aliphatic heterocycles. The summed E-state index contributed by atoms with van der Waals surface area (Å²) >= 11 is 1.73.